The average Bonchev–Trinajstić information content (AvgIpc) is 2.17. The van der Waals surface area contributed by atoms with Gasteiger partial charge in [-0.25, -0.2) is 0 Å². The third-order valence-corrected chi connectivity index (χ3v) is 2.34. The van der Waals surface area contributed by atoms with Crippen molar-refractivity contribution in [2.24, 2.45) is 5.73 Å². The van der Waals surface area contributed by atoms with Crippen molar-refractivity contribution in [1.29, 1.82) is 0 Å². The largest absolute Gasteiger partial charge is 0.376 e. The van der Waals surface area contributed by atoms with Crippen LogP contribution in [0.3, 0.4) is 0 Å². The van der Waals surface area contributed by atoms with Crippen LogP contribution in [0.1, 0.15) is 12.5 Å². The van der Waals surface area contributed by atoms with Crippen LogP contribution in [0, 0.1) is 0 Å². The molecule has 0 radical (unpaired) electrons. The van der Waals surface area contributed by atoms with E-state index in [9.17, 15) is 0 Å². The summed E-state index contributed by atoms with van der Waals surface area (Å²) in [5, 5.41) is 0.393. The molecule has 0 aliphatic heterocycles. The number of nitrogens with two attached hydrogens (primary N) is 1. The molecule has 1 aromatic carbocycles. The molecule has 0 aliphatic rings. The van der Waals surface area contributed by atoms with Gasteiger partial charge in [-0.3, -0.25) is 0 Å². The molecule has 0 saturated carbocycles. The second-order valence-corrected chi connectivity index (χ2v) is 3.34. The first-order chi connectivity index (χ1) is 6.15. The monoisotopic (exact) mass is 194 g/mol. The van der Waals surface area contributed by atoms with E-state index in [2.05, 4.69) is 19.1 Å². The molecule has 1 aromatic rings. The van der Waals surface area contributed by atoms with Gasteiger partial charge >= 0.3 is 0 Å². The van der Waals surface area contributed by atoms with Gasteiger partial charge in [0.2, 0.25) is 0 Å². The summed E-state index contributed by atoms with van der Waals surface area (Å²) >= 11 is 4.87. The number of benzene rings is 1. The van der Waals surface area contributed by atoms with E-state index < -0.39 is 0 Å². The van der Waals surface area contributed by atoms with E-state index in [1.807, 2.05) is 19.2 Å². The number of nitrogens with zero attached hydrogens (tertiary/aromatic N) is 1. The molecular formula is C10H14N2S. The van der Waals surface area contributed by atoms with Gasteiger partial charge in [0.1, 0.15) is 0 Å². The molecule has 0 unspecified atom stereocenters. The molecule has 0 atom stereocenters. The third kappa shape index (κ3) is 2.42. The van der Waals surface area contributed by atoms with E-state index in [0.717, 1.165) is 12.1 Å². The zero-order chi connectivity index (χ0) is 9.84. The molecule has 13 heavy (non-hydrogen) atoms. The zero-order valence-electron chi connectivity index (χ0n) is 7.95. The lowest BCUT2D eigenvalue weighted by Crippen LogP contribution is -2.31. The topological polar surface area (TPSA) is 29.3 Å². The van der Waals surface area contributed by atoms with Crippen molar-refractivity contribution in [2.45, 2.75) is 13.3 Å². The van der Waals surface area contributed by atoms with Crippen molar-refractivity contribution in [1.82, 2.24) is 0 Å². The maximum atomic E-state index is 5.50. The SMILES string of the molecule is CCc1ccc(N(C)C(N)=S)cc1. The first-order valence-electron chi connectivity index (χ1n) is 4.27. The molecule has 0 aliphatic carbocycles. The van der Waals surface area contributed by atoms with Crippen LogP contribution in [0.15, 0.2) is 24.3 Å². The predicted molar refractivity (Wildman–Crippen MR) is 61.0 cm³/mol. The minimum Gasteiger partial charge on any atom is -0.376 e. The van der Waals surface area contributed by atoms with Gasteiger partial charge in [0, 0.05) is 12.7 Å². The number of hydrogen-bond acceptors (Lipinski definition) is 1. The molecule has 3 heteroatoms. The van der Waals surface area contributed by atoms with Gasteiger partial charge in [-0.15, -0.1) is 0 Å². The van der Waals surface area contributed by atoms with E-state index in [4.69, 9.17) is 18.0 Å². The molecule has 0 heterocycles. The summed E-state index contributed by atoms with van der Waals surface area (Å²) in [6, 6.07) is 8.23. The average molecular weight is 194 g/mol. The molecule has 0 aromatic heterocycles. The highest BCUT2D eigenvalue weighted by molar-refractivity contribution is 7.80. The Morgan fingerprint density at radius 3 is 2.31 bits per heavy atom. The first-order valence-corrected chi connectivity index (χ1v) is 4.68. The standard InChI is InChI=1S/C10H14N2S/c1-3-8-4-6-9(7-5-8)12(2)10(11)13/h4-7H,3H2,1-2H3,(H2,11,13). The minimum absolute atomic E-state index is 0.393. The van der Waals surface area contributed by atoms with Crippen LogP contribution in [0.25, 0.3) is 0 Å². The molecule has 0 spiro atoms. The predicted octanol–water partition coefficient (Wildman–Crippen LogP) is 1.93. The fourth-order valence-electron chi connectivity index (χ4n) is 1.08. The third-order valence-electron chi connectivity index (χ3n) is 2.06. The second kappa shape index (κ2) is 4.23. The van der Waals surface area contributed by atoms with Gasteiger partial charge in [-0.1, -0.05) is 19.1 Å². The highest BCUT2D eigenvalue weighted by Crippen LogP contribution is 2.13. The molecule has 0 bridgehead atoms. The fraction of sp³-hybridized carbons (Fsp3) is 0.300. The van der Waals surface area contributed by atoms with Crippen LogP contribution >= 0.6 is 12.2 Å². The summed E-state index contributed by atoms with van der Waals surface area (Å²) < 4.78 is 0. The zero-order valence-corrected chi connectivity index (χ0v) is 8.77. The van der Waals surface area contributed by atoms with Crippen molar-refractivity contribution < 1.29 is 0 Å². The lowest BCUT2D eigenvalue weighted by Gasteiger charge is -2.16. The van der Waals surface area contributed by atoms with Crippen LogP contribution < -0.4 is 10.6 Å². The molecular weight excluding hydrogens is 180 g/mol. The van der Waals surface area contributed by atoms with Crippen molar-refractivity contribution in [3.05, 3.63) is 29.8 Å². The lowest BCUT2D eigenvalue weighted by atomic mass is 10.1. The molecule has 2 nitrogen and oxygen atoms in total. The van der Waals surface area contributed by atoms with Crippen molar-refractivity contribution >= 4 is 23.0 Å². The van der Waals surface area contributed by atoms with Crippen LogP contribution in [0.2, 0.25) is 0 Å². The molecule has 0 saturated heterocycles. The van der Waals surface area contributed by atoms with Crippen molar-refractivity contribution in [2.75, 3.05) is 11.9 Å². The molecule has 70 valence electrons. The Kier molecular flexibility index (Phi) is 3.25. The van der Waals surface area contributed by atoms with Crippen LogP contribution in [0.5, 0.6) is 0 Å². The van der Waals surface area contributed by atoms with Crippen molar-refractivity contribution in [3.63, 3.8) is 0 Å². The minimum atomic E-state index is 0.393. The maximum Gasteiger partial charge on any atom is 0.170 e. The normalized spacial score (nSPS) is 9.69. The number of anilines is 1. The molecule has 1 rings (SSSR count). The Bertz CT molecular complexity index is 292. The summed E-state index contributed by atoms with van der Waals surface area (Å²) in [6.45, 7) is 2.13. The Hall–Kier alpha value is -1.09. The molecule has 0 fully saturated rings. The van der Waals surface area contributed by atoms with E-state index in [1.54, 1.807) is 4.90 Å². The number of rotatable bonds is 2. The summed E-state index contributed by atoms with van der Waals surface area (Å²) in [6.07, 6.45) is 1.05. The number of aryl methyl sites for hydroxylation is 1. The Morgan fingerprint density at radius 2 is 1.92 bits per heavy atom. The summed E-state index contributed by atoms with van der Waals surface area (Å²) in [7, 11) is 1.86. The highest BCUT2D eigenvalue weighted by Gasteiger charge is 2.01. The second-order valence-electron chi connectivity index (χ2n) is 2.92. The van der Waals surface area contributed by atoms with Crippen LogP contribution in [-0.2, 0) is 6.42 Å². The highest BCUT2D eigenvalue weighted by atomic mass is 32.1. The van der Waals surface area contributed by atoms with E-state index in [-0.39, 0.29) is 0 Å². The van der Waals surface area contributed by atoms with Gasteiger partial charge in [0.15, 0.2) is 5.11 Å². The van der Waals surface area contributed by atoms with Crippen LogP contribution in [0.4, 0.5) is 5.69 Å². The maximum absolute atomic E-state index is 5.50. The van der Waals surface area contributed by atoms with E-state index in [0.29, 0.717) is 5.11 Å². The van der Waals surface area contributed by atoms with Gasteiger partial charge in [0.05, 0.1) is 0 Å². The fourth-order valence-corrected chi connectivity index (χ4v) is 1.19. The summed E-state index contributed by atoms with van der Waals surface area (Å²) in [5.74, 6) is 0. The lowest BCUT2D eigenvalue weighted by molar-refractivity contribution is 1.13. The Balaban J connectivity index is 2.85. The summed E-state index contributed by atoms with van der Waals surface area (Å²) in [5.41, 5.74) is 7.85. The van der Waals surface area contributed by atoms with Gasteiger partial charge in [0.25, 0.3) is 0 Å². The van der Waals surface area contributed by atoms with E-state index in [1.165, 1.54) is 5.56 Å². The van der Waals surface area contributed by atoms with Crippen LogP contribution in [-0.4, -0.2) is 12.2 Å². The number of hydrogen-bond donors (Lipinski definition) is 1. The van der Waals surface area contributed by atoms with Gasteiger partial charge in [-0.05, 0) is 36.3 Å². The molecule has 0 amide bonds. The van der Waals surface area contributed by atoms with Gasteiger partial charge in [-0.2, -0.15) is 0 Å². The molecule has 2 N–H and O–H groups in total. The smallest absolute Gasteiger partial charge is 0.170 e. The summed E-state index contributed by atoms with van der Waals surface area (Å²) in [4.78, 5) is 1.79. The first kappa shape index (κ1) is 9.99. The number of thiocarbonyl (C=S) groups is 1. The van der Waals surface area contributed by atoms with Crippen molar-refractivity contribution in [3.8, 4) is 0 Å². The Morgan fingerprint density at radius 1 is 1.38 bits per heavy atom. The van der Waals surface area contributed by atoms with E-state index >= 15 is 0 Å². The van der Waals surface area contributed by atoms with Gasteiger partial charge < -0.3 is 10.6 Å². The quantitative estimate of drug-likeness (QED) is 0.729. The Labute approximate surface area is 84.3 Å².